The van der Waals surface area contributed by atoms with E-state index in [1.165, 1.54) is 0 Å². The molecular formula is C16H14BrN3O. The van der Waals surface area contributed by atoms with E-state index in [1.54, 1.807) is 12.3 Å². The molecule has 1 aromatic heterocycles. The first-order valence-corrected chi connectivity index (χ1v) is 7.32. The number of halogens is 1. The Morgan fingerprint density at radius 1 is 1.24 bits per heavy atom. The van der Waals surface area contributed by atoms with Crippen LogP contribution in [0, 0.1) is 13.8 Å². The molecule has 0 spiro atoms. The lowest BCUT2D eigenvalue weighted by molar-refractivity contribution is 0.475. The number of aryl methyl sites for hydroxylation is 2. The minimum atomic E-state index is 0.215. The topological polar surface area (TPSA) is 61.3 Å². The highest BCUT2D eigenvalue weighted by molar-refractivity contribution is 9.10. The first kappa shape index (κ1) is 13.8. The highest BCUT2D eigenvalue weighted by atomic mass is 79.9. The van der Waals surface area contributed by atoms with Crippen LogP contribution in [0.2, 0.25) is 0 Å². The fraction of sp³-hybridized carbons (Fsp3) is 0.125. The van der Waals surface area contributed by atoms with E-state index in [1.807, 2.05) is 38.1 Å². The molecule has 0 saturated heterocycles. The third-order valence-corrected chi connectivity index (χ3v) is 3.91. The van der Waals surface area contributed by atoms with Gasteiger partial charge in [0.05, 0.1) is 11.4 Å². The van der Waals surface area contributed by atoms with E-state index in [0.29, 0.717) is 5.56 Å². The van der Waals surface area contributed by atoms with Crippen molar-refractivity contribution in [1.82, 2.24) is 10.2 Å². The molecule has 0 bridgehead atoms. The molecule has 3 rings (SSSR count). The van der Waals surface area contributed by atoms with Crippen LogP contribution >= 0.6 is 15.9 Å². The second-order valence-electron chi connectivity index (χ2n) is 4.90. The molecule has 0 fully saturated rings. The van der Waals surface area contributed by atoms with Gasteiger partial charge in [0.25, 0.3) is 0 Å². The largest absolute Gasteiger partial charge is 0.507 e. The van der Waals surface area contributed by atoms with E-state index in [4.69, 9.17) is 0 Å². The van der Waals surface area contributed by atoms with Gasteiger partial charge in [-0.05, 0) is 42.8 Å². The van der Waals surface area contributed by atoms with Crippen LogP contribution in [0.5, 0.6) is 5.75 Å². The van der Waals surface area contributed by atoms with Crippen molar-refractivity contribution in [3.8, 4) is 5.75 Å². The fourth-order valence-electron chi connectivity index (χ4n) is 2.31. The average molecular weight is 344 g/mol. The molecule has 0 radical (unpaired) electrons. The van der Waals surface area contributed by atoms with Crippen LogP contribution in [-0.2, 0) is 0 Å². The van der Waals surface area contributed by atoms with Crippen molar-refractivity contribution >= 4 is 38.6 Å². The summed E-state index contributed by atoms with van der Waals surface area (Å²) in [6, 6.07) is 9.51. The molecule has 21 heavy (non-hydrogen) atoms. The molecule has 2 aromatic carbocycles. The van der Waals surface area contributed by atoms with Crippen LogP contribution in [-0.4, -0.2) is 21.5 Å². The molecule has 1 heterocycles. The van der Waals surface area contributed by atoms with Gasteiger partial charge >= 0.3 is 0 Å². The molecule has 0 amide bonds. The number of rotatable bonds is 2. The lowest BCUT2D eigenvalue weighted by Crippen LogP contribution is -1.86. The van der Waals surface area contributed by atoms with E-state index < -0.39 is 0 Å². The molecular weight excluding hydrogens is 330 g/mol. The summed E-state index contributed by atoms with van der Waals surface area (Å²) < 4.78 is 1.00. The van der Waals surface area contributed by atoms with Gasteiger partial charge in [-0.1, -0.05) is 28.1 Å². The Morgan fingerprint density at radius 2 is 2.05 bits per heavy atom. The fourth-order valence-corrected chi connectivity index (χ4v) is 2.69. The van der Waals surface area contributed by atoms with Crippen molar-refractivity contribution in [3.63, 3.8) is 0 Å². The summed E-state index contributed by atoms with van der Waals surface area (Å²) in [6.45, 7) is 3.82. The second kappa shape index (κ2) is 5.33. The number of phenolic OH excluding ortho intramolecular Hbond substituents is 1. The molecule has 0 atom stereocenters. The first-order chi connectivity index (χ1) is 10.1. The molecule has 3 aromatic rings. The van der Waals surface area contributed by atoms with E-state index in [-0.39, 0.29) is 5.75 Å². The van der Waals surface area contributed by atoms with Crippen LogP contribution < -0.4 is 0 Å². The number of nitrogens with zero attached hydrogens (tertiary/aromatic N) is 2. The van der Waals surface area contributed by atoms with Crippen LogP contribution in [0.1, 0.15) is 17.0 Å². The van der Waals surface area contributed by atoms with Gasteiger partial charge in [-0.15, -0.1) is 0 Å². The van der Waals surface area contributed by atoms with Crippen molar-refractivity contribution in [3.05, 3.63) is 51.8 Å². The summed E-state index contributed by atoms with van der Waals surface area (Å²) in [6.07, 6.45) is 1.69. The zero-order chi connectivity index (χ0) is 15.0. The van der Waals surface area contributed by atoms with Crippen LogP contribution in [0.15, 0.2) is 39.8 Å². The lowest BCUT2D eigenvalue weighted by Gasteiger charge is -2.05. The minimum absolute atomic E-state index is 0.215. The van der Waals surface area contributed by atoms with Crippen LogP contribution in [0.3, 0.4) is 0 Å². The number of aliphatic imine (C=N–C) groups is 1. The maximum atomic E-state index is 10.1. The highest BCUT2D eigenvalue weighted by Gasteiger charge is 2.07. The van der Waals surface area contributed by atoms with Gasteiger partial charge in [-0.2, -0.15) is 5.10 Å². The average Bonchev–Trinajstić information content (AvgIpc) is 2.77. The molecule has 0 aliphatic heterocycles. The Kier molecular flexibility index (Phi) is 3.51. The minimum Gasteiger partial charge on any atom is -0.507 e. The first-order valence-electron chi connectivity index (χ1n) is 6.53. The third kappa shape index (κ3) is 2.56. The number of fused-ring (bicyclic) bond motifs is 1. The van der Waals surface area contributed by atoms with E-state index in [2.05, 4.69) is 31.1 Å². The summed E-state index contributed by atoms with van der Waals surface area (Å²) in [5.74, 6) is 0.215. The standard InChI is InChI=1S/C16H14BrN3O/c1-9-16(10(2)20-19-9)18-8-14-13-5-4-12(17)7-11(13)3-6-15(14)21/h3-8,21H,1-2H3,(H,19,20). The van der Waals surface area contributed by atoms with E-state index >= 15 is 0 Å². The predicted octanol–water partition coefficient (Wildman–Crippen LogP) is 4.40. The summed E-state index contributed by atoms with van der Waals surface area (Å²) in [4.78, 5) is 4.48. The summed E-state index contributed by atoms with van der Waals surface area (Å²) in [5.41, 5.74) is 3.26. The summed E-state index contributed by atoms with van der Waals surface area (Å²) in [7, 11) is 0. The molecule has 5 heteroatoms. The van der Waals surface area contributed by atoms with Crippen molar-refractivity contribution in [1.29, 1.82) is 0 Å². The highest BCUT2D eigenvalue weighted by Crippen LogP contribution is 2.29. The number of hydrogen-bond donors (Lipinski definition) is 2. The quantitative estimate of drug-likeness (QED) is 0.677. The normalized spacial score (nSPS) is 11.6. The van der Waals surface area contributed by atoms with Gasteiger partial charge in [0.15, 0.2) is 0 Å². The number of aromatic nitrogens is 2. The number of aromatic amines is 1. The Labute approximate surface area is 130 Å². The molecule has 0 unspecified atom stereocenters. The monoisotopic (exact) mass is 343 g/mol. The maximum absolute atomic E-state index is 10.1. The van der Waals surface area contributed by atoms with Crippen LogP contribution in [0.25, 0.3) is 10.8 Å². The van der Waals surface area contributed by atoms with Gasteiger partial charge in [0.2, 0.25) is 0 Å². The van der Waals surface area contributed by atoms with Gasteiger partial charge in [-0.25, -0.2) is 0 Å². The van der Waals surface area contributed by atoms with Crippen molar-refractivity contribution < 1.29 is 5.11 Å². The predicted molar refractivity (Wildman–Crippen MR) is 88.6 cm³/mol. The smallest absolute Gasteiger partial charge is 0.124 e. The number of H-pyrrole nitrogens is 1. The SMILES string of the molecule is Cc1n[nH]c(C)c1N=Cc1c(O)ccc2cc(Br)ccc12. The Hall–Kier alpha value is -2.14. The molecule has 0 saturated carbocycles. The summed E-state index contributed by atoms with van der Waals surface area (Å²) >= 11 is 3.46. The van der Waals surface area contributed by atoms with Gasteiger partial charge in [0.1, 0.15) is 11.4 Å². The summed E-state index contributed by atoms with van der Waals surface area (Å²) in [5, 5.41) is 19.1. The van der Waals surface area contributed by atoms with E-state index in [9.17, 15) is 5.11 Å². The zero-order valence-electron chi connectivity index (χ0n) is 11.7. The number of hydrogen-bond acceptors (Lipinski definition) is 3. The Morgan fingerprint density at radius 3 is 2.76 bits per heavy atom. The molecule has 4 nitrogen and oxygen atoms in total. The van der Waals surface area contributed by atoms with Crippen LogP contribution in [0.4, 0.5) is 5.69 Å². The van der Waals surface area contributed by atoms with E-state index in [0.717, 1.165) is 32.3 Å². The van der Waals surface area contributed by atoms with Gasteiger partial charge < -0.3 is 5.11 Å². The third-order valence-electron chi connectivity index (χ3n) is 3.41. The molecule has 2 N–H and O–H groups in total. The van der Waals surface area contributed by atoms with Gasteiger partial charge in [-0.3, -0.25) is 10.1 Å². The Balaban J connectivity index is 2.14. The van der Waals surface area contributed by atoms with Crippen molar-refractivity contribution in [2.45, 2.75) is 13.8 Å². The number of benzene rings is 2. The Bertz CT molecular complexity index is 833. The van der Waals surface area contributed by atoms with Gasteiger partial charge in [0, 0.05) is 16.3 Å². The van der Waals surface area contributed by atoms with Crippen molar-refractivity contribution in [2.24, 2.45) is 4.99 Å². The molecule has 0 aliphatic rings. The number of nitrogens with one attached hydrogen (secondary N) is 1. The maximum Gasteiger partial charge on any atom is 0.124 e. The number of aromatic hydroxyl groups is 1. The second-order valence-corrected chi connectivity index (χ2v) is 5.82. The zero-order valence-corrected chi connectivity index (χ0v) is 13.3. The lowest BCUT2D eigenvalue weighted by atomic mass is 10.0. The molecule has 106 valence electrons. The van der Waals surface area contributed by atoms with Crippen molar-refractivity contribution in [2.75, 3.05) is 0 Å². The number of phenols is 1. The molecule has 0 aliphatic carbocycles.